The zero-order valence-corrected chi connectivity index (χ0v) is 16.9. The SMILES string of the molecule is CCCCCCCCC1(c2ccccc2)C(=O)NC(=O)N(c2ccccc2)C1=O. The van der Waals surface area contributed by atoms with E-state index in [0.29, 0.717) is 17.7 Å². The lowest BCUT2D eigenvalue weighted by atomic mass is 9.73. The molecule has 5 heteroatoms. The molecule has 1 aliphatic rings. The molecule has 0 radical (unpaired) electrons. The Bertz CT molecular complexity index is 851. The van der Waals surface area contributed by atoms with Crippen molar-refractivity contribution in [3.63, 3.8) is 0 Å². The smallest absolute Gasteiger partial charge is 0.276 e. The Morgan fingerprint density at radius 3 is 2.03 bits per heavy atom. The third-order valence-corrected chi connectivity index (χ3v) is 5.57. The predicted molar refractivity (Wildman–Crippen MR) is 114 cm³/mol. The Balaban J connectivity index is 1.93. The average Bonchev–Trinajstić information content (AvgIpc) is 2.74. The molecule has 0 aliphatic carbocycles. The number of anilines is 1. The monoisotopic (exact) mass is 392 g/mol. The summed E-state index contributed by atoms with van der Waals surface area (Å²) in [5.74, 6) is -1.00. The standard InChI is InChI=1S/C24H28N2O3/c1-2-3-4-5-6-13-18-24(19-14-9-7-10-15-19)21(27)25-23(29)26(22(24)28)20-16-11-8-12-17-20/h7-12,14-17H,2-6,13,18H2,1H3,(H,25,27,29). The number of amides is 4. The molecule has 4 amide bonds. The van der Waals surface area contributed by atoms with Crippen molar-refractivity contribution in [2.75, 3.05) is 4.90 Å². The van der Waals surface area contributed by atoms with Crippen molar-refractivity contribution in [1.82, 2.24) is 5.32 Å². The molecule has 1 saturated heterocycles. The molecule has 2 aromatic rings. The first-order valence-corrected chi connectivity index (χ1v) is 10.4. The first kappa shape index (κ1) is 20.8. The van der Waals surface area contributed by atoms with E-state index in [1.165, 1.54) is 12.8 Å². The maximum Gasteiger partial charge on any atom is 0.335 e. The highest BCUT2D eigenvalue weighted by Crippen LogP contribution is 2.37. The van der Waals surface area contributed by atoms with Crippen LogP contribution in [0, 0.1) is 0 Å². The van der Waals surface area contributed by atoms with Crippen LogP contribution in [-0.4, -0.2) is 17.8 Å². The first-order chi connectivity index (χ1) is 14.1. The van der Waals surface area contributed by atoms with Gasteiger partial charge in [0.25, 0.3) is 5.91 Å². The second-order valence-corrected chi connectivity index (χ2v) is 7.52. The molecule has 152 valence electrons. The summed E-state index contributed by atoms with van der Waals surface area (Å²) in [4.78, 5) is 40.4. The van der Waals surface area contributed by atoms with E-state index in [-0.39, 0.29) is 0 Å². The normalized spacial score (nSPS) is 19.3. The van der Waals surface area contributed by atoms with Gasteiger partial charge in [0.2, 0.25) is 5.91 Å². The van der Waals surface area contributed by atoms with Crippen LogP contribution in [0.15, 0.2) is 60.7 Å². The number of unbranched alkanes of at least 4 members (excludes halogenated alkanes) is 5. The lowest BCUT2D eigenvalue weighted by molar-refractivity contribution is -0.137. The Labute approximate surface area is 172 Å². The molecule has 1 heterocycles. The summed E-state index contributed by atoms with van der Waals surface area (Å²) in [5, 5.41) is 2.44. The van der Waals surface area contributed by atoms with Crippen molar-refractivity contribution in [2.24, 2.45) is 0 Å². The van der Waals surface area contributed by atoms with Gasteiger partial charge in [0.05, 0.1) is 5.69 Å². The van der Waals surface area contributed by atoms with Crippen molar-refractivity contribution in [2.45, 2.75) is 57.3 Å². The summed E-state index contributed by atoms with van der Waals surface area (Å²) in [6.07, 6.45) is 6.68. The van der Waals surface area contributed by atoms with Crippen molar-refractivity contribution < 1.29 is 14.4 Å². The fraction of sp³-hybridized carbons (Fsp3) is 0.375. The van der Waals surface area contributed by atoms with Gasteiger partial charge in [0.15, 0.2) is 5.41 Å². The molecule has 1 unspecified atom stereocenters. The Morgan fingerprint density at radius 1 is 0.793 bits per heavy atom. The van der Waals surface area contributed by atoms with Crippen LogP contribution < -0.4 is 10.2 Å². The molecule has 1 aliphatic heterocycles. The maximum absolute atomic E-state index is 13.7. The number of imide groups is 2. The van der Waals surface area contributed by atoms with Gasteiger partial charge in [0, 0.05) is 0 Å². The van der Waals surface area contributed by atoms with E-state index >= 15 is 0 Å². The molecule has 1 N–H and O–H groups in total. The van der Waals surface area contributed by atoms with Crippen LogP contribution in [0.3, 0.4) is 0 Å². The van der Waals surface area contributed by atoms with Gasteiger partial charge in [-0.15, -0.1) is 0 Å². The van der Waals surface area contributed by atoms with Gasteiger partial charge >= 0.3 is 6.03 Å². The number of nitrogens with zero attached hydrogens (tertiary/aromatic N) is 1. The molecule has 0 spiro atoms. The quantitative estimate of drug-likeness (QED) is 0.485. The minimum Gasteiger partial charge on any atom is -0.276 e. The van der Waals surface area contributed by atoms with E-state index in [9.17, 15) is 14.4 Å². The fourth-order valence-electron chi connectivity index (χ4n) is 3.96. The average molecular weight is 392 g/mol. The fourth-order valence-corrected chi connectivity index (χ4v) is 3.96. The number of benzene rings is 2. The highest BCUT2D eigenvalue weighted by atomic mass is 16.2. The number of para-hydroxylation sites is 1. The Morgan fingerprint density at radius 2 is 1.38 bits per heavy atom. The molecule has 3 rings (SSSR count). The third kappa shape index (κ3) is 4.24. The van der Waals surface area contributed by atoms with Crippen LogP contribution >= 0.6 is 0 Å². The summed E-state index contributed by atoms with van der Waals surface area (Å²) >= 11 is 0. The number of carbonyl (C=O) groups excluding carboxylic acids is 3. The largest absolute Gasteiger partial charge is 0.335 e. The van der Waals surface area contributed by atoms with E-state index in [2.05, 4.69) is 12.2 Å². The number of urea groups is 1. The van der Waals surface area contributed by atoms with Gasteiger partial charge in [-0.2, -0.15) is 0 Å². The van der Waals surface area contributed by atoms with Crippen LogP contribution in [0.5, 0.6) is 0 Å². The van der Waals surface area contributed by atoms with E-state index in [1.54, 1.807) is 36.4 Å². The van der Waals surface area contributed by atoms with Crippen molar-refractivity contribution in [1.29, 1.82) is 0 Å². The van der Waals surface area contributed by atoms with Crippen molar-refractivity contribution in [3.8, 4) is 0 Å². The molecule has 0 bridgehead atoms. The zero-order valence-electron chi connectivity index (χ0n) is 16.9. The molecule has 0 aromatic heterocycles. The molecular weight excluding hydrogens is 364 g/mol. The minimum absolute atomic E-state index is 0.379. The van der Waals surface area contributed by atoms with Crippen LogP contribution in [0.25, 0.3) is 0 Å². The van der Waals surface area contributed by atoms with Crippen molar-refractivity contribution >= 4 is 23.5 Å². The van der Waals surface area contributed by atoms with E-state index in [1.807, 2.05) is 24.3 Å². The highest BCUT2D eigenvalue weighted by Gasteiger charge is 2.54. The first-order valence-electron chi connectivity index (χ1n) is 10.4. The van der Waals surface area contributed by atoms with Gasteiger partial charge in [-0.05, 0) is 24.1 Å². The highest BCUT2D eigenvalue weighted by molar-refractivity contribution is 6.32. The number of rotatable bonds is 9. The second kappa shape index (κ2) is 9.50. The van der Waals surface area contributed by atoms with Crippen LogP contribution in [-0.2, 0) is 15.0 Å². The van der Waals surface area contributed by atoms with E-state index in [4.69, 9.17) is 0 Å². The minimum atomic E-state index is -1.39. The van der Waals surface area contributed by atoms with Crippen LogP contribution in [0.2, 0.25) is 0 Å². The molecule has 5 nitrogen and oxygen atoms in total. The Hall–Kier alpha value is -2.95. The van der Waals surface area contributed by atoms with Gasteiger partial charge in [-0.25, -0.2) is 9.69 Å². The number of carbonyl (C=O) groups is 3. The van der Waals surface area contributed by atoms with Gasteiger partial charge < -0.3 is 0 Å². The zero-order chi connectivity index (χ0) is 20.7. The van der Waals surface area contributed by atoms with Crippen LogP contribution in [0.1, 0.15) is 57.4 Å². The number of nitrogens with one attached hydrogen (secondary N) is 1. The number of hydrogen-bond donors (Lipinski definition) is 1. The molecule has 1 atom stereocenters. The predicted octanol–water partition coefficient (Wildman–Crippen LogP) is 4.96. The number of hydrogen-bond acceptors (Lipinski definition) is 3. The summed E-state index contributed by atoms with van der Waals surface area (Å²) in [6.45, 7) is 2.17. The Kier molecular flexibility index (Phi) is 6.81. The summed E-state index contributed by atoms with van der Waals surface area (Å²) in [6, 6.07) is 17.2. The molecule has 1 fully saturated rings. The van der Waals surface area contributed by atoms with Gasteiger partial charge in [-0.3, -0.25) is 14.9 Å². The third-order valence-electron chi connectivity index (χ3n) is 5.57. The summed E-state index contributed by atoms with van der Waals surface area (Å²) in [7, 11) is 0. The van der Waals surface area contributed by atoms with E-state index < -0.39 is 23.3 Å². The topological polar surface area (TPSA) is 66.5 Å². The van der Waals surface area contributed by atoms with Gasteiger partial charge in [0.1, 0.15) is 0 Å². The summed E-state index contributed by atoms with van der Waals surface area (Å²) in [5.41, 5.74) is -0.300. The molecule has 2 aromatic carbocycles. The van der Waals surface area contributed by atoms with Gasteiger partial charge in [-0.1, -0.05) is 94.0 Å². The molecular formula is C24H28N2O3. The van der Waals surface area contributed by atoms with Crippen molar-refractivity contribution in [3.05, 3.63) is 66.2 Å². The summed E-state index contributed by atoms with van der Waals surface area (Å²) < 4.78 is 0. The lowest BCUT2D eigenvalue weighted by Gasteiger charge is -2.39. The van der Waals surface area contributed by atoms with E-state index in [0.717, 1.165) is 30.6 Å². The molecule has 0 saturated carbocycles. The maximum atomic E-state index is 13.7. The van der Waals surface area contributed by atoms with Crippen LogP contribution in [0.4, 0.5) is 10.5 Å². The second-order valence-electron chi connectivity index (χ2n) is 7.52. The number of barbiturate groups is 1. The molecule has 29 heavy (non-hydrogen) atoms. The lowest BCUT2D eigenvalue weighted by Crippen LogP contribution is -2.66.